The minimum atomic E-state index is 0.742. The Morgan fingerprint density at radius 3 is 2.38 bits per heavy atom. The van der Waals surface area contributed by atoms with Crippen molar-refractivity contribution in [3.8, 4) is 0 Å². The Morgan fingerprint density at radius 1 is 1.00 bits per heavy atom. The van der Waals surface area contributed by atoms with Gasteiger partial charge in [0.05, 0.1) is 0 Å². The maximum Gasteiger partial charge on any atom is -0.00987 e. The highest BCUT2D eigenvalue weighted by molar-refractivity contribution is 5.22. The maximum absolute atomic E-state index is 2.35. The van der Waals surface area contributed by atoms with E-state index in [0.29, 0.717) is 0 Å². The number of rotatable bonds is 1. The van der Waals surface area contributed by atoms with E-state index in [1.54, 1.807) is 0 Å². The fraction of sp³-hybridized carbons (Fsp3) is 0.385. The lowest BCUT2D eigenvalue weighted by Gasteiger charge is -2.25. The highest BCUT2D eigenvalue weighted by atomic mass is 14.2. The van der Waals surface area contributed by atoms with Crippen molar-refractivity contribution in [3.63, 3.8) is 0 Å². The first kappa shape index (κ1) is 8.55. The summed E-state index contributed by atoms with van der Waals surface area (Å²) in [5.41, 5.74) is 1.50. The van der Waals surface area contributed by atoms with Crippen molar-refractivity contribution in [2.75, 3.05) is 0 Å². The van der Waals surface area contributed by atoms with Crippen LogP contribution in [0.4, 0.5) is 0 Å². The van der Waals surface area contributed by atoms with Gasteiger partial charge in [0.2, 0.25) is 0 Å². The van der Waals surface area contributed by atoms with Crippen LogP contribution >= 0.6 is 0 Å². The second kappa shape index (κ2) is 3.78. The number of benzene rings is 1. The van der Waals surface area contributed by atoms with Crippen LogP contribution < -0.4 is 0 Å². The van der Waals surface area contributed by atoms with Gasteiger partial charge in [0, 0.05) is 0 Å². The molecule has 0 saturated carbocycles. The van der Waals surface area contributed by atoms with Crippen LogP contribution in [0.3, 0.4) is 0 Å². The summed E-state index contributed by atoms with van der Waals surface area (Å²) in [5.74, 6) is 1.54. The first-order chi connectivity index (χ1) is 6.38. The van der Waals surface area contributed by atoms with Gasteiger partial charge in [0.1, 0.15) is 0 Å². The number of hydrogen-bond acceptors (Lipinski definition) is 0. The van der Waals surface area contributed by atoms with E-state index in [4.69, 9.17) is 0 Å². The molecule has 2 atom stereocenters. The van der Waals surface area contributed by atoms with Gasteiger partial charge in [0.25, 0.3) is 0 Å². The molecule has 1 aromatic rings. The summed E-state index contributed by atoms with van der Waals surface area (Å²) in [5, 5.41) is 0. The average Bonchev–Trinajstić information content (AvgIpc) is 2.20. The number of hydrogen-bond donors (Lipinski definition) is 0. The van der Waals surface area contributed by atoms with Crippen LogP contribution in [0.25, 0.3) is 0 Å². The third-order valence-corrected chi connectivity index (χ3v) is 2.98. The zero-order chi connectivity index (χ0) is 9.10. The minimum Gasteiger partial charge on any atom is -0.0882 e. The van der Waals surface area contributed by atoms with Crippen LogP contribution in [-0.2, 0) is 0 Å². The second-order valence-corrected chi connectivity index (χ2v) is 3.94. The van der Waals surface area contributed by atoms with Crippen molar-refractivity contribution in [2.24, 2.45) is 5.92 Å². The highest BCUT2D eigenvalue weighted by Crippen LogP contribution is 2.33. The molecular weight excluding hydrogens is 156 g/mol. The zero-order valence-corrected chi connectivity index (χ0v) is 8.11. The van der Waals surface area contributed by atoms with Crippen LogP contribution in [-0.4, -0.2) is 0 Å². The van der Waals surface area contributed by atoms with E-state index in [-0.39, 0.29) is 0 Å². The standard InChI is InChI=1S/C13H16/c1-11-7-5-6-10-13(11)12-8-3-2-4-9-12/h2-6,8-9,11,13H,7,10H2,1H3. The van der Waals surface area contributed by atoms with E-state index in [1.165, 1.54) is 18.4 Å². The fourth-order valence-electron chi connectivity index (χ4n) is 2.12. The molecule has 2 unspecified atom stereocenters. The molecule has 0 heteroatoms. The Morgan fingerprint density at radius 2 is 1.69 bits per heavy atom. The van der Waals surface area contributed by atoms with Crippen molar-refractivity contribution in [1.82, 2.24) is 0 Å². The molecule has 0 amide bonds. The van der Waals surface area contributed by atoms with Gasteiger partial charge >= 0.3 is 0 Å². The Kier molecular flexibility index (Phi) is 2.49. The van der Waals surface area contributed by atoms with E-state index < -0.39 is 0 Å². The van der Waals surface area contributed by atoms with E-state index in [0.717, 1.165) is 11.8 Å². The molecule has 1 aromatic carbocycles. The van der Waals surface area contributed by atoms with Gasteiger partial charge in [-0.15, -0.1) is 0 Å². The van der Waals surface area contributed by atoms with Gasteiger partial charge in [-0.05, 0) is 30.2 Å². The molecule has 1 aliphatic carbocycles. The van der Waals surface area contributed by atoms with E-state index in [1.807, 2.05) is 0 Å². The van der Waals surface area contributed by atoms with Crippen molar-refractivity contribution in [1.29, 1.82) is 0 Å². The topological polar surface area (TPSA) is 0 Å². The summed E-state index contributed by atoms with van der Waals surface area (Å²) >= 11 is 0. The van der Waals surface area contributed by atoms with Crippen LogP contribution in [0, 0.1) is 5.92 Å². The third kappa shape index (κ3) is 1.82. The molecule has 0 spiro atoms. The molecule has 0 bridgehead atoms. The Bertz CT molecular complexity index is 284. The van der Waals surface area contributed by atoms with Crippen LogP contribution in [0.1, 0.15) is 31.2 Å². The normalized spacial score (nSPS) is 27.5. The Balaban J connectivity index is 2.21. The summed E-state index contributed by atoms with van der Waals surface area (Å²) in [6.45, 7) is 2.35. The molecule has 0 N–H and O–H groups in total. The molecule has 0 radical (unpaired) electrons. The van der Waals surface area contributed by atoms with E-state index in [9.17, 15) is 0 Å². The largest absolute Gasteiger partial charge is 0.0882 e. The van der Waals surface area contributed by atoms with Crippen LogP contribution in [0.2, 0.25) is 0 Å². The molecule has 0 aliphatic heterocycles. The first-order valence-electron chi connectivity index (χ1n) is 5.08. The predicted molar refractivity (Wildman–Crippen MR) is 56.7 cm³/mol. The second-order valence-electron chi connectivity index (χ2n) is 3.94. The van der Waals surface area contributed by atoms with Crippen LogP contribution in [0.15, 0.2) is 42.5 Å². The third-order valence-electron chi connectivity index (χ3n) is 2.98. The smallest absolute Gasteiger partial charge is 0.00987 e. The molecule has 0 aromatic heterocycles. The van der Waals surface area contributed by atoms with Gasteiger partial charge in [-0.2, -0.15) is 0 Å². The van der Waals surface area contributed by atoms with Gasteiger partial charge in [0.15, 0.2) is 0 Å². The number of allylic oxidation sites excluding steroid dienone is 2. The van der Waals surface area contributed by atoms with Crippen molar-refractivity contribution in [3.05, 3.63) is 48.0 Å². The average molecular weight is 172 g/mol. The Hall–Kier alpha value is -1.04. The lowest BCUT2D eigenvalue weighted by atomic mass is 9.80. The van der Waals surface area contributed by atoms with Crippen molar-refractivity contribution < 1.29 is 0 Å². The van der Waals surface area contributed by atoms with Gasteiger partial charge in [-0.25, -0.2) is 0 Å². The molecular formula is C13H16. The van der Waals surface area contributed by atoms with Gasteiger partial charge < -0.3 is 0 Å². The molecule has 0 fully saturated rings. The molecule has 2 rings (SSSR count). The predicted octanol–water partition coefficient (Wildman–Crippen LogP) is 3.76. The monoisotopic (exact) mass is 172 g/mol. The quantitative estimate of drug-likeness (QED) is 0.566. The highest BCUT2D eigenvalue weighted by Gasteiger charge is 2.19. The van der Waals surface area contributed by atoms with Crippen LogP contribution in [0.5, 0.6) is 0 Å². The summed E-state index contributed by atoms with van der Waals surface area (Å²) in [4.78, 5) is 0. The fourth-order valence-corrected chi connectivity index (χ4v) is 2.12. The van der Waals surface area contributed by atoms with Gasteiger partial charge in [-0.1, -0.05) is 49.4 Å². The first-order valence-corrected chi connectivity index (χ1v) is 5.08. The molecule has 0 heterocycles. The summed E-state index contributed by atoms with van der Waals surface area (Å²) < 4.78 is 0. The van der Waals surface area contributed by atoms with Crippen molar-refractivity contribution >= 4 is 0 Å². The van der Waals surface area contributed by atoms with Gasteiger partial charge in [-0.3, -0.25) is 0 Å². The molecule has 0 saturated heterocycles. The molecule has 0 nitrogen and oxygen atoms in total. The van der Waals surface area contributed by atoms with E-state index in [2.05, 4.69) is 49.4 Å². The van der Waals surface area contributed by atoms with E-state index >= 15 is 0 Å². The van der Waals surface area contributed by atoms with Crippen molar-refractivity contribution in [2.45, 2.75) is 25.7 Å². The molecule has 13 heavy (non-hydrogen) atoms. The maximum atomic E-state index is 2.35. The lowest BCUT2D eigenvalue weighted by molar-refractivity contribution is 0.449. The lowest BCUT2D eigenvalue weighted by Crippen LogP contribution is -2.11. The summed E-state index contributed by atoms with van der Waals surface area (Å²) in [6.07, 6.45) is 7.08. The summed E-state index contributed by atoms with van der Waals surface area (Å²) in [6, 6.07) is 10.9. The molecule has 1 aliphatic rings. The Labute approximate surface area is 80.3 Å². The molecule has 68 valence electrons. The minimum absolute atomic E-state index is 0.742. The zero-order valence-electron chi connectivity index (χ0n) is 8.11. The summed E-state index contributed by atoms with van der Waals surface area (Å²) in [7, 11) is 0. The SMILES string of the molecule is CC1CC=CCC1c1ccccc1.